The summed E-state index contributed by atoms with van der Waals surface area (Å²) in [7, 11) is 0. The van der Waals surface area contributed by atoms with Crippen LogP contribution in [0.1, 0.15) is 38.9 Å². The van der Waals surface area contributed by atoms with Crippen LogP contribution >= 0.6 is 0 Å². The second-order valence-electron chi connectivity index (χ2n) is 5.88. The summed E-state index contributed by atoms with van der Waals surface area (Å²) in [6, 6.07) is 0. The van der Waals surface area contributed by atoms with Gasteiger partial charge in [-0.3, -0.25) is 4.99 Å². The predicted molar refractivity (Wildman–Crippen MR) is 93.7 cm³/mol. The van der Waals surface area contributed by atoms with Crippen LogP contribution in [-0.4, -0.2) is 64.9 Å². The van der Waals surface area contributed by atoms with Crippen molar-refractivity contribution >= 4 is 5.96 Å². The Balaban J connectivity index is 1.68. The average molecular weight is 321 g/mol. The van der Waals surface area contributed by atoms with Crippen molar-refractivity contribution in [2.75, 3.05) is 39.3 Å². The topological polar surface area (TPSA) is 70.4 Å². The molecule has 7 heteroatoms. The number of likely N-dealkylation sites (tertiary alicyclic amines) is 1. The molecule has 0 radical (unpaired) electrons. The molecule has 1 aromatic rings. The minimum atomic E-state index is 0.822. The smallest absolute Gasteiger partial charge is 0.191 e. The van der Waals surface area contributed by atoms with Crippen LogP contribution in [0, 0.1) is 0 Å². The quantitative estimate of drug-likeness (QED) is 0.401. The number of aryl methyl sites for hydroxylation is 1. The van der Waals surface area contributed by atoms with Crippen LogP contribution < -0.4 is 10.6 Å². The normalized spacial score (nSPS) is 16.0. The maximum absolute atomic E-state index is 4.66. The minimum Gasteiger partial charge on any atom is -0.357 e. The van der Waals surface area contributed by atoms with E-state index in [2.05, 4.69) is 49.1 Å². The Morgan fingerprint density at radius 2 is 2.04 bits per heavy atom. The molecule has 0 saturated carbocycles. The first-order valence-corrected chi connectivity index (χ1v) is 8.94. The second-order valence-corrected chi connectivity index (χ2v) is 5.88. The summed E-state index contributed by atoms with van der Waals surface area (Å²) >= 11 is 0. The lowest BCUT2D eigenvalue weighted by Gasteiger charge is -2.14. The highest BCUT2D eigenvalue weighted by atomic mass is 15.3. The molecule has 7 nitrogen and oxygen atoms in total. The summed E-state index contributed by atoms with van der Waals surface area (Å²) in [6.07, 6.45) is 6.54. The van der Waals surface area contributed by atoms with E-state index in [0.717, 1.165) is 50.8 Å². The summed E-state index contributed by atoms with van der Waals surface area (Å²) in [5.41, 5.74) is 0. The van der Waals surface area contributed by atoms with Gasteiger partial charge in [0, 0.05) is 32.6 Å². The Labute approximate surface area is 139 Å². The molecule has 2 heterocycles. The molecular weight excluding hydrogens is 290 g/mol. The summed E-state index contributed by atoms with van der Waals surface area (Å²) in [6.45, 7) is 11.3. The van der Waals surface area contributed by atoms with Crippen LogP contribution in [0.25, 0.3) is 0 Å². The van der Waals surface area contributed by atoms with Gasteiger partial charge in [0.2, 0.25) is 0 Å². The van der Waals surface area contributed by atoms with E-state index in [4.69, 9.17) is 0 Å². The van der Waals surface area contributed by atoms with E-state index in [1.807, 2.05) is 0 Å². The van der Waals surface area contributed by atoms with Gasteiger partial charge >= 0.3 is 0 Å². The Kier molecular flexibility index (Phi) is 7.86. The van der Waals surface area contributed by atoms with Gasteiger partial charge in [-0.15, -0.1) is 10.2 Å². The predicted octanol–water partition coefficient (Wildman–Crippen LogP) is 0.882. The van der Waals surface area contributed by atoms with Crippen molar-refractivity contribution in [3.63, 3.8) is 0 Å². The number of aromatic nitrogens is 3. The minimum absolute atomic E-state index is 0.822. The maximum Gasteiger partial charge on any atom is 0.191 e. The zero-order valence-corrected chi connectivity index (χ0v) is 14.6. The first-order chi connectivity index (χ1) is 11.3. The van der Waals surface area contributed by atoms with Gasteiger partial charge in [-0.1, -0.05) is 6.92 Å². The lowest BCUT2D eigenvalue weighted by molar-refractivity contribution is 0.336. The van der Waals surface area contributed by atoms with E-state index in [9.17, 15) is 0 Å². The molecule has 1 fully saturated rings. The van der Waals surface area contributed by atoms with Crippen LogP contribution in [0.15, 0.2) is 11.3 Å². The van der Waals surface area contributed by atoms with E-state index in [-0.39, 0.29) is 0 Å². The molecule has 23 heavy (non-hydrogen) atoms. The SMILES string of the molecule is CCNC(=NCCCN1CCCC1)NCCn1cnnc1CC. The van der Waals surface area contributed by atoms with Gasteiger partial charge in [-0.2, -0.15) is 0 Å². The molecule has 0 bridgehead atoms. The fourth-order valence-corrected chi connectivity index (χ4v) is 2.87. The molecule has 0 spiro atoms. The van der Waals surface area contributed by atoms with Crippen molar-refractivity contribution in [3.05, 3.63) is 12.2 Å². The highest BCUT2D eigenvalue weighted by molar-refractivity contribution is 5.79. The molecular formula is C16H31N7. The average Bonchev–Trinajstić information content (AvgIpc) is 3.22. The van der Waals surface area contributed by atoms with Gasteiger partial charge in [0.1, 0.15) is 12.2 Å². The molecule has 0 aliphatic carbocycles. The number of rotatable bonds is 9. The third-order valence-electron chi connectivity index (χ3n) is 4.10. The van der Waals surface area contributed by atoms with E-state index in [1.54, 1.807) is 6.33 Å². The maximum atomic E-state index is 4.66. The van der Waals surface area contributed by atoms with Crippen molar-refractivity contribution in [2.45, 2.75) is 46.1 Å². The van der Waals surface area contributed by atoms with Gasteiger partial charge in [-0.05, 0) is 45.8 Å². The number of nitrogens with one attached hydrogen (secondary N) is 2. The molecule has 0 amide bonds. The lowest BCUT2D eigenvalue weighted by Crippen LogP contribution is -2.39. The number of nitrogens with zero attached hydrogens (tertiary/aromatic N) is 5. The number of hydrogen-bond acceptors (Lipinski definition) is 4. The highest BCUT2D eigenvalue weighted by Crippen LogP contribution is 2.07. The summed E-state index contributed by atoms with van der Waals surface area (Å²) in [5.74, 6) is 1.93. The summed E-state index contributed by atoms with van der Waals surface area (Å²) in [4.78, 5) is 7.20. The lowest BCUT2D eigenvalue weighted by atomic mass is 10.4. The fraction of sp³-hybridized carbons (Fsp3) is 0.812. The van der Waals surface area contributed by atoms with Crippen molar-refractivity contribution in [3.8, 4) is 0 Å². The number of aliphatic imine (C=N–C) groups is 1. The van der Waals surface area contributed by atoms with Crippen LogP contribution in [0.3, 0.4) is 0 Å². The number of hydrogen-bond donors (Lipinski definition) is 2. The van der Waals surface area contributed by atoms with Crippen LogP contribution in [0.4, 0.5) is 0 Å². The molecule has 0 atom stereocenters. The molecule has 1 aliphatic rings. The Hall–Kier alpha value is -1.63. The molecule has 1 aliphatic heterocycles. The van der Waals surface area contributed by atoms with Crippen molar-refractivity contribution in [2.24, 2.45) is 4.99 Å². The molecule has 0 aromatic carbocycles. The molecule has 1 aromatic heterocycles. The van der Waals surface area contributed by atoms with Crippen molar-refractivity contribution in [1.29, 1.82) is 0 Å². The molecule has 0 unspecified atom stereocenters. The summed E-state index contributed by atoms with van der Waals surface area (Å²) in [5, 5.41) is 14.8. The Bertz CT molecular complexity index is 463. The van der Waals surface area contributed by atoms with Gasteiger partial charge in [-0.25, -0.2) is 0 Å². The Morgan fingerprint density at radius 1 is 1.22 bits per heavy atom. The molecule has 2 rings (SSSR count). The first kappa shape index (κ1) is 17.7. The molecule has 2 N–H and O–H groups in total. The zero-order chi connectivity index (χ0) is 16.3. The summed E-state index contributed by atoms with van der Waals surface area (Å²) < 4.78 is 2.09. The van der Waals surface area contributed by atoms with E-state index < -0.39 is 0 Å². The largest absolute Gasteiger partial charge is 0.357 e. The van der Waals surface area contributed by atoms with Crippen molar-refractivity contribution < 1.29 is 0 Å². The van der Waals surface area contributed by atoms with Crippen LogP contribution in [0.5, 0.6) is 0 Å². The highest BCUT2D eigenvalue weighted by Gasteiger charge is 2.10. The van der Waals surface area contributed by atoms with Gasteiger partial charge in [0.05, 0.1) is 0 Å². The van der Waals surface area contributed by atoms with E-state index in [1.165, 1.54) is 32.5 Å². The van der Waals surface area contributed by atoms with Gasteiger partial charge < -0.3 is 20.1 Å². The van der Waals surface area contributed by atoms with E-state index in [0.29, 0.717) is 0 Å². The van der Waals surface area contributed by atoms with E-state index >= 15 is 0 Å². The molecule has 130 valence electrons. The third kappa shape index (κ3) is 6.17. The standard InChI is InChI=1S/C16H31N7/c1-3-15-21-20-14-23(15)13-9-19-16(17-4-2)18-8-7-12-22-10-5-6-11-22/h14H,3-13H2,1-2H3,(H2,17,18,19). The van der Waals surface area contributed by atoms with Crippen LogP contribution in [0.2, 0.25) is 0 Å². The van der Waals surface area contributed by atoms with Crippen molar-refractivity contribution in [1.82, 2.24) is 30.3 Å². The third-order valence-corrected chi connectivity index (χ3v) is 4.10. The monoisotopic (exact) mass is 321 g/mol. The second kappa shape index (κ2) is 10.2. The van der Waals surface area contributed by atoms with Gasteiger partial charge in [0.15, 0.2) is 5.96 Å². The number of guanidine groups is 1. The first-order valence-electron chi connectivity index (χ1n) is 8.94. The van der Waals surface area contributed by atoms with Gasteiger partial charge in [0.25, 0.3) is 0 Å². The molecule has 1 saturated heterocycles. The fourth-order valence-electron chi connectivity index (χ4n) is 2.87. The van der Waals surface area contributed by atoms with Crippen LogP contribution in [-0.2, 0) is 13.0 Å². The Morgan fingerprint density at radius 3 is 2.78 bits per heavy atom. The zero-order valence-electron chi connectivity index (χ0n) is 14.6.